The van der Waals surface area contributed by atoms with Crippen molar-refractivity contribution < 1.29 is 0 Å². The topological polar surface area (TPSA) is 30.7 Å². The third kappa shape index (κ3) is 3.91. The van der Waals surface area contributed by atoms with Gasteiger partial charge in [-0.3, -0.25) is 0 Å². The van der Waals surface area contributed by atoms with Gasteiger partial charge >= 0.3 is 0 Å². The Bertz CT molecular complexity index is 3120. The van der Waals surface area contributed by atoms with Crippen molar-refractivity contribution in [2.75, 3.05) is 0 Å². The lowest BCUT2D eigenvalue weighted by atomic mass is 9.92. The second-order valence-corrected chi connectivity index (χ2v) is 14.0. The van der Waals surface area contributed by atoms with Crippen molar-refractivity contribution in [2.45, 2.75) is 0 Å². The van der Waals surface area contributed by atoms with Crippen LogP contribution in [-0.4, -0.2) is 14.5 Å². The van der Waals surface area contributed by atoms with Crippen LogP contribution in [0.5, 0.6) is 0 Å². The minimum Gasteiger partial charge on any atom is -0.309 e. The van der Waals surface area contributed by atoms with Gasteiger partial charge in [-0.1, -0.05) is 133 Å². The first kappa shape index (κ1) is 27.6. The first-order valence-electron chi connectivity index (χ1n) is 16.9. The summed E-state index contributed by atoms with van der Waals surface area (Å²) in [4.78, 5) is 10.4. The molecule has 0 aliphatic rings. The Kier molecular flexibility index (Phi) is 5.83. The highest BCUT2D eigenvalue weighted by Gasteiger charge is 2.20. The molecule has 232 valence electrons. The van der Waals surface area contributed by atoms with E-state index in [9.17, 15) is 0 Å². The standard InChI is InChI=1S/C46H27N3S/c1-2-13-28(14-3-1)46-47-43(45-44(48-46)37-22-9-11-24-40(37)50-45)29-15-12-16-30(27-29)49-38-23-10-8-21-36(38)42-39(49)26-25-35-33-19-5-4-17-31(33)32-18-6-7-20-34(32)41(35)42/h1-27H. The van der Waals surface area contributed by atoms with Gasteiger partial charge in [0.05, 0.1) is 26.9 Å². The predicted octanol–water partition coefficient (Wildman–Crippen LogP) is 12.7. The molecule has 0 fully saturated rings. The predicted molar refractivity (Wildman–Crippen MR) is 213 cm³/mol. The van der Waals surface area contributed by atoms with Crippen LogP contribution >= 0.6 is 11.3 Å². The van der Waals surface area contributed by atoms with Crippen LogP contribution in [0.3, 0.4) is 0 Å². The van der Waals surface area contributed by atoms with E-state index in [0.29, 0.717) is 0 Å². The molecule has 0 aliphatic carbocycles. The molecular weight excluding hydrogens is 627 g/mol. The number of rotatable bonds is 3. The molecule has 11 aromatic rings. The Morgan fingerprint density at radius 2 is 1.04 bits per heavy atom. The maximum absolute atomic E-state index is 5.28. The fourth-order valence-corrected chi connectivity index (χ4v) is 9.18. The number of thiophene rings is 1. The summed E-state index contributed by atoms with van der Waals surface area (Å²) in [6.07, 6.45) is 0. The maximum atomic E-state index is 5.28. The zero-order valence-electron chi connectivity index (χ0n) is 26.8. The lowest BCUT2D eigenvalue weighted by Crippen LogP contribution is -1.96. The normalized spacial score (nSPS) is 12.0. The van der Waals surface area contributed by atoms with Crippen molar-refractivity contribution in [1.82, 2.24) is 14.5 Å². The van der Waals surface area contributed by atoms with Gasteiger partial charge in [-0.25, -0.2) is 9.97 Å². The van der Waals surface area contributed by atoms with Crippen LogP contribution in [0.15, 0.2) is 164 Å². The Hall–Kier alpha value is -6.36. The summed E-state index contributed by atoms with van der Waals surface area (Å²) >= 11 is 1.77. The SMILES string of the molecule is c1ccc(-c2nc(-c3cccc(-n4c5ccccc5c5c6c7ccccc7c7ccccc7c6ccc54)c3)c3sc4ccccc4c3n2)cc1. The van der Waals surface area contributed by atoms with Gasteiger partial charge in [0.25, 0.3) is 0 Å². The van der Waals surface area contributed by atoms with Gasteiger partial charge in [0.1, 0.15) is 0 Å². The molecule has 3 heterocycles. The molecule has 0 unspecified atom stereocenters. The molecular formula is C46H27N3S. The highest BCUT2D eigenvalue weighted by Crippen LogP contribution is 2.44. The molecule has 3 nitrogen and oxygen atoms in total. The number of benzene rings is 8. The molecule has 0 radical (unpaired) electrons. The van der Waals surface area contributed by atoms with Crippen LogP contribution in [0.25, 0.3) is 103 Å². The van der Waals surface area contributed by atoms with Gasteiger partial charge in [0.15, 0.2) is 5.82 Å². The lowest BCUT2D eigenvalue weighted by molar-refractivity contribution is 1.18. The first-order chi connectivity index (χ1) is 24.8. The van der Waals surface area contributed by atoms with Crippen molar-refractivity contribution in [3.63, 3.8) is 0 Å². The van der Waals surface area contributed by atoms with E-state index in [1.165, 1.54) is 64.2 Å². The molecule has 0 saturated heterocycles. The highest BCUT2D eigenvalue weighted by atomic mass is 32.1. The quantitative estimate of drug-likeness (QED) is 0.178. The minimum absolute atomic E-state index is 0.740. The average molecular weight is 654 g/mol. The van der Waals surface area contributed by atoms with E-state index < -0.39 is 0 Å². The second-order valence-electron chi connectivity index (χ2n) is 12.9. The smallest absolute Gasteiger partial charge is 0.160 e. The molecule has 11 rings (SSSR count). The molecule has 0 amide bonds. The largest absolute Gasteiger partial charge is 0.309 e. The summed E-state index contributed by atoms with van der Waals surface area (Å²) < 4.78 is 4.75. The van der Waals surface area contributed by atoms with E-state index in [1.807, 2.05) is 18.2 Å². The van der Waals surface area contributed by atoms with E-state index in [1.54, 1.807) is 11.3 Å². The number of hydrogen-bond acceptors (Lipinski definition) is 3. The molecule has 3 aromatic heterocycles. The first-order valence-corrected chi connectivity index (χ1v) is 17.7. The van der Waals surface area contributed by atoms with Crippen molar-refractivity contribution in [3.05, 3.63) is 164 Å². The second kappa shape index (κ2) is 10.6. The summed E-state index contributed by atoms with van der Waals surface area (Å²) in [5.41, 5.74) is 7.52. The van der Waals surface area contributed by atoms with Crippen LogP contribution < -0.4 is 0 Å². The van der Waals surface area contributed by atoms with Crippen LogP contribution in [-0.2, 0) is 0 Å². The molecule has 50 heavy (non-hydrogen) atoms. The van der Waals surface area contributed by atoms with Crippen molar-refractivity contribution in [2.24, 2.45) is 0 Å². The fourth-order valence-electron chi connectivity index (χ4n) is 8.03. The molecule has 0 aliphatic heterocycles. The van der Waals surface area contributed by atoms with E-state index >= 15 is 0 Å². The van der Waals surface area contributed by atoms with E-state index in [2.05, 4.69) is 150 Å². The highest BCUT2D eigenvalue weighted by molar-refractivity contribution is 7.26. The average Bonchev–Trinajstić information content (AvgIpc) is 3.74. The van der Waals surface area contributed by atoms with Gasteiger partial charge in [-0.15, -0.1) is 11.3 Å². The lowest BCUT2D eigenvalue weighted by Gasteiger charge is -2.13. The van der Waals surface area contributed by atoms with E-state index in [-0.39, 0.29) is 0 Å². The monoisotopic (exact) mass is 653 g/mol. The van der Waals surface area contributed by atoms with Gasteiger partial charge in [-0.2, -0.15) is 0 Å². The van der Waals surface area contributed by atoms with Crippen LogP contribution in [0.4, 0.5) is 0 Å². The van der Waals surface area contributed by atoms with Gasteiger partial charge < -0.3 is 4.57 Å². The fraction of sp³-hybridized carbons (Fsp3) is 0. The molecule has 0 bridgehead atoms. The van der Waals surface area contributed by atoms with Gasteiger partial charge in [0.2, 0.25) is 0 Å². The number of hydrogen-bond donors (Lipinski definition) is 0. The van der Waals surface area contributed by atoms with Crippen molar-refractivity contribution in [3.8, 4) is 28.3 Å². The van der Waals surface area contributed by atoms with Crippen molar-refractivity contribution >= 4 is 85.8 Å². The zero-order chi connectivity index (χ0) is 32.8. The van der Waals surface area contributed by atoms with Crippen LogP contribution in [0, 0.1) is 0 Å². The van der Waals surface area contributed by atoms with E-state index in [4.69, 9.17) is 9.97 Å². The van der Waals surface area contributed by atoms with E-state index in [0.717, 1.165) is 38.5 Å². The van der Waals surface area contributed by atoms with Crippen molar-refractivity contribution in [1.29, 1.82) is 0 Å². The Morgan fingerprint density at radius 3 is 1.84 bits per heavy atom. The Morgan fingerprint density at radius 1 is 0.420 bits per heavy atom. The molecule has 0 saturated carbocycles. The number of fused-ring (bicyclic) bond motifs is 13. The third-order valence-corrected chi connectivity index (χ3v) is 11.3. The van der Waals surface area contributed by atoms with Crippen LogP contribution in [0.2, 0.25) is 0 Å². The molecule has 4 heteroatoms. The zero-order valence-corrected chi connectivity index (χ0v) is 27.7. The third-order valence-electron chi connectivity index (χ3n) is 10.2. The Labute approximate surface area is 291 Å². The summed E-state index contributed by atoms with van der Waals surface area (Å²) in [6, 6.07) is 58.9. The van der Waals surface area contributed by atoms with Gasteiger partial charge in [-0.05, 0) is 57.3 Å². The molecule has 0 N–H and O–H groups in total. The molecule has 0 spiro atoms. The summed E-state index contributed by atoms with van der Waals surface area (Å²) in [5, 5.41) is 11.4. The summed E-state index contributed by atoms with van der Waals surface area (Å²) in [6.45, 7) is 0. The summed E-state index contributed by atoms with van der Waals surface area (Å²) in [5.74, 6) is 0.740. The maximum Gasteiger partial charge on any atom is 0.160 e. The number of aromatic nitrogens is 3. The Balaban J connectivity index is 1.22. The van der Waals surface area contributed by atoms with Gasteiger partial charge in [0, 0.05) is 43.1 Å². The molecule has 0 atom stereocenters. The molecule has 8 aromatic carbocycles. The van der Waals surface area contributed by atoms with Crippen LogP contribution in [0.1, 0.15) is 0 Å². The minimum atomic E-state index is 0.740. The number of para-hydroxylation sites is 1. The summed E-state index contributed by atoms with van der Waals surface area (Å²) in [7, 11) is 0. The number of nitrogens with zero attached hydrogens (tertiary/aromatic N) is 3.